The number of fused-ring (bicyclic) bond motifs is 6. The van der Waals surface area contributed by atoms with Gasteiger partial charge in [0, 0.05) is 25.9 Å². The lowest BCUT2D eigenvalue weighted by molar-refractivity contribution is 0.283. The maximum Gasteiger partial charge on any atom is 0.0703 e. The Morgan fingerprint density at radius 3 is 2.17 bits per heavy atom. The fourth-order valence-electron chi connectivity index (χ4n) is 7.16. The Bertz CT molecular complexity index is 1730. The average molecular weight is 593 g/mol. The van der Waals surface area contributed by atoms with Crippen LogP contribution in [0.25, 0.3) is 27.6 Å². The molecule has 4 unspecified atom stereocenters. The van der Waals surface area contributed by atoms with E-state index >= 15 is 0 Å². The molecule has 0 spiro atoms. The van der Waals surface area contributed by atoms with Crippen molar-refractivity contribution >= 4 is 74.7 Å². The number of hydrogen-bond acceptors (Lipinski definition) is 4. The van der Waals surface area contributed by atoms with Crippen LogP contribution in [0.1, 0.15) is 61.3 Å². The summed E-state index contributed by atoms with van der Waals surface area (Å²) in [5.41, 5.74) is 6.09. The van der Waals surface area contributed by atoms with E-state index in [1.165, 1.54) is 62.3 Å². The molecule has 0 nitrogen and oxygen atoms in total. The Kier molecular flexibility index (Phi) is 6.30. The lowest BCUT2D eigenvalue weighted by Crippen LogP contribution is -2.26. The molecular formula is C36H32S4. The van der Waals surface area contributed by atoms with Crippen molar-refractivity contribution in [3.63, 3.8) is 0 Å². The topological polar surface area (TPSA) is 0 Å². The van der Waals surface area contributed by atoms with E-state index in [1.54, 1.807) is 11.1 Å². The SMILES string of the molecule is C=CC1CC(C(C)C)C(C)c2cc3c(cc21)CC1SC(=C2Sc4cc5cc6ccccc6cc5cc4S2)SC1=C3. The van der Waals surface area contributed by atoms with Crippen LogP contribution in [0.3, 0.4) is 0 Å². The number of hydrogen-bond donors (Lipinski definition) is 0. The molecule has 0 amide bonds. The van der Waals surface area contributed by atoms with Crippen LogP contribution in [0.5, 0.6) is 0 Å². The first-order valence-electron chi connectivity index (χ1n) is 14.4. The average Bonchev–Trinajstić information content (AvgIpc) is 3.56. The van der Waals surface area contributed by atoms with Crippen molar-refractivity contribution in [3.05, 3.63) is 109 Å². The molecule has 0 N–H and O–H groups in total. The maximum absolute atomic E-state index is 4.24. The molecule has 200 valence electrons. The van der Waals surface area contributed by atoms with Crippen LogP contribution in [0.4, 0.5) is 0 Å². The van der Waals surface area contributed by atoms with Gasteiger partial charge in [-0.25, -0.2) is 0 Å². The highest BCUT2D eigenvalue weighted by molar-refractivity contribution is 8.32. The zero-order valence-corrected chi connectivity index (χ0v) is 26.3. The molecule has 0 aromatic heterocycles. The number of rotatable bonds is 2. The summed E-state index contributed by atoms with van der Waals surface area (Å²) in [5, 5.41) is 5.85. The second kappa shape index (κ2) is 9.80. The molecule has 2 aliphatic carbocycles. The zero-order valence-electron chi connectivity index (χ0n) is 23.1. The summed E-state index contributed by atoms with van der Waals surface area (Å²) >= 11 is 8.07. The van der Waals surface area contributed by atoms with Crippen LogP contribution in [-0.2, 0) is 6.42 Å². The fourth-order valence-corrected chi connectivity index (χ4v) is 13.0. The Hall–Kier alpha value is -1.98. The van der Waals surface area contributed by atoms with Gasteiger partial charge in [0.2, 0.25) is 0 Å². The van der Waals surface area contributed by atoms with Crippen LogP contribution in [0, 0.1) is 11.8 Å². The first-order valence-corrected chi connectivity index (χ1v) is 17.7. The second-order valence-corrected chi connectivity index (χ2v) is 17.0. The smallest absolute Gasteiger partial charge is 0.0703 e. The molecule has 4 atom stereocenters. The van der Waals surface area contributed by atoms with Gasteiger partial charge in [-0.1, -0.05) is 98.5 Å². The van der Waals surface area contributed by atoms with Gasteiger partial charge < -0.3 is 0 Å². The molecule has 0 radical (unpaired) electrons. The Labute approximate surface area is 254 Å². The van der Waals surface area contributed by atoms with Crippen LogP contribution in [-0.4, -0.2) is 5.25 Å². The van der Waals surface area contributed by atoms with Gasteiger partial charge in [-0.3, -0.25) is 0 Å². The summed E-state index contributed by atoms with van der Waals surface area (Å²) < 4.78 is 2.95. The predicted molar refractivity (Wildman–Crippen MR) is 182 cm³/mol. The Morgan fingerprint density at radius 2 is 1.52 bits per heavy atom. The zero-order chi connectivity index (χ0) is 27.1. The van der Waals surface area contributed by atoms with Gasteiger partial charge >= 0.3 is 0 Å². The summed E-state index contributed by atoms with van der Waals surface area (Å²) in [6.07, 6.45) is 7.09. The van der Waals surface area contributed by atoms with Gasteiger partial charge in [-0.15, -0.1) is 18.3 Å². The summed E-state index contributed by atoms with van der Waals surface area (Å²) in [6, 6.07) is 23.3. The quantitative estimate of drug-likeness (QED) is 0.168. The minimum absolute atomic E-state index is 0.482. The Morgan fingerprint density at radius 1 is 0.825 bits per heavy atom. The standard InChI is InChI=1S/C36H32S4/c1-5-21-12-28(19(2)3)20(4)29-13-26-17-33-34(18-27(26)14-30(21)29)40-36(39-33)35-37-31-15-24-10-22-8-6-7-9-23(22)11-25(24)16-32(31)38-35/h5-11,13-17,19-21,28,34H,1,12,18H2,2-4H3. The molecule has 4 aromatic carbocycles. The van der Waals surface area contributed by atoms with E-state index in [0.717, 1.165) is 12.3 Å². The van der Waals surface area contributed by atoms with Crippen LogP contribution in [0.2, 0.25) is 0 Å². The summed E-state index contributed by atoms with van der Waals surface area (Å²) in [7, 11) is 0. The molecule has 1 fully saturated rings. The maximum atomic E-state index is 4.24. The van der Waals surface area contributed by atoms with Crippen LogP contribution < -0.4 is 0 Å². The largest absolute Gasteiger partial charge is 0.108 e. The van der Waals surface area contributed by atoms with Gasteiger partial charge in [0.15, 0.2) is 0 Å². The van der Waals surface area contributed by atoms with Crippen molar-refractivity contribution in [2.75, 3.05) is 0 Å². The molecular weight excluding hydrogens is 561 g/mol. The highest BCUT2D eigenvalue weighted by Gasteiger charge is 2.37. The van der Waals surface area contributed by atoms with Crippen molar-refractivity contribution in [1.29, 1.82) is 0 Å². The van der Waals surface area contributed by atoms with Crippen molar-refractivity contribution in [2.45, 2.75) is 60.5 Å². The van der Waals surface area contributed by atoms with E-state index in [0.29, 0.717) is 23.0 Å². The Balaban J connectivity index is 1.10. The molecule has 4 heteroatoms. The lowest BCUT2D eigenvalue weighted by Gasteiger charge is -2.39. The van der Waals surface area contributed by atoms with E-state index in [2.05, 4.69) is 112 Å². The van der Waals surface area contributed by atoms with E-state index < -0.39 is 0 Å². The first kappa shape index (κ1) is 25.7. The summed E-state index contributed by atoms with van der Waals surface area (Å²) in [4.78, 5) is 4.35. The molecule has 4 aliphatic rings. The minimum Gasteiger partial charge on any atom is -0.108 e. The van der Waals surface area contributed by atoms with Gasteiger partial charge in [-0.2, -0.15) is 0 Å². The molecule has 8 rings (SSSR count). The number of thioether (sulfide) groups is 4. The molecule has 40 heavy (non-hydrogen) atoms. The molecule has 1 saturated heterocycles. The normalized spacial score (nSPS) is 25.1. The monoisotopic (exact) mass is 592 g/mol. The van der Waals surface area contributed by atoms with E-state index in [9.17, 15) is 0 Å². The first-order chi connectivity index (χ1) is 19.4. The predicted octanol–water partition coefficient (Wildman–Crippen LogP) is 11.8. The number of allylic oxidation sites excluding steroid dienone is 1. The minimum atomic E-state index is 0.482. The van der Waals surface area contributed by atoms with E-state index in [4.69, 9.17) is 0 Å². The summed E-state index contributed by atoms with van der Waals surface area (Å²) in [6.45, 7) is 11.5. The van der Waals surface area contributed by atoms with Gasteiger partial charge in [-0.05, 0) is 105 Å². The van der Waals surface area contributed by atoms with Crippen LogP contribution in [0.15, 0.2) is 96.5 Å². The van der Waals surface area contributed by atoms with Gasteiger partial charge in [0.25, 0.3) is 0 Å². The third-order valence-corrected chi connectivity index (χ3v) is 15.2. The highest BCUT2D eigenvalue weighted by atomic mass is 32.2. The summed E-state index contributed by atoms with van der Waals surface area (Å²) in [5.74, 6) is 2.50. The molecule has 4 aromatic rings. The third-order valence-electron chi connectivity index (χ3n) is 9.36. The van der Waals surface area contributed by atoms with E-state index in [1.807, 2.05) is 35.3 Å². The fraction of sp³-hybridized carbons (Fsp3) is 0.278. The van der Waals surface area contributed by atoms with Gasteiger partial charge in [0.1, 0.15) is 0 Å². The molecule has 0 saturated carbocycles. The lowest BCUT2D eigenvalue weighted by atomic mass is 9.66. The van der Waals surface area contributed by atoms with E-state index in [-0.39, 0.29) is 0 Å². The van der Waals surface area contributed by atoms with Crippen molar-refractivity contribution < 1.29 is 0 Å². The highest BCUT2D eigenvalue weighted by Crippen LogP contribution is 2.63. The van der Waals surface area contributed by atoms with Crippen LogP contribution >= 0.6 is 47.0 Å². The van der Waals surface area contributed by atoms with Crippen molar-refractivity contribution in [1.82, 2.24) is 0 Å². The van der Waals surface area contributed by atoms with Crippen molar-refractivity contribution in [2.24, 2.45) is 11.8 Å². The molecule has 0 bridgehead atoms. The molecule has 2 aliphatic heterocycles. The van der Waals surface area contributed by atoms with Crippen molar-refractivity contribution in [3.8, 4) is 0 Å². The number of benzene rings is 4. The third kappa shape index (κ3) is 4.16. The van der Waals surface area contributed by atoms with Gasteiger partial charge in [0.05, 0.1) is 8.47 Å². The molecule has 2 heterocycles. The second-order valence-electron chi connectivity index (χ2n) is 12.0.